The summed E-state index contributed by atoms with van der Waals surface area (Å²) in [4.78, 5) is 14.4. The van der Waals surface area contributed by atoms with Gasteiger partial charge < -0.3 is 10.6 Å². The predicted molar refractivity (Wildman–Crippen MR) is 84.3 cm³/mol. The first-order valence-electron chi connectivity index (χ1n) is 7.33. The number of nitrogens with two attached hydrogens (primary N) is 1. The Morgan fingerprint density at radius 2 is 1.90 bits per heavy atom. The van der Waals surface area contributed by atoms with Crippen LogP contribution in [0.25, 0.3) is 0 Å². The van der Waals surface area contributed by atoms with Gasteiger partial charge in [-0.3, -0.25) is 4.79 Å². The minimum atomic E-state index is -0.512. The Labute approximate surface area is 127 Å². The maximum absolute atomic E-state index is 12.6. The van der Waals surface area contributed by atoms with E-state index in [1.807, 2.05) is 39.8 Å². The summed E-state index contributed by atoms with van der Waals surface area (Å²) in [6.07, 6.45) is 0.888. The zero-order valence-corrected chi connectivity index (χ0v) is 13.4. The van der Waals surface area contributed by atoms with Crippen molar-refractivity contribution in [3.63, 3.8) is 0 Å². The first-order valence-corrected chi connectivity index (χ1v) is 7.33. The molecule has 1 aromatic carbocycles. The molecule has 0 saturated heterocycles. The Kier molecular flexibility index (Phi) is 5.92. The lowest BCUT2D eigenvalue weighted by Gasteiger charge is -2.32. The van der Waals surface area contributed by atoms with Gasteiger partial charge in [0, 0.05) is 13.1 Å². The molecule has 1 aromatic rings. The van der Waals surface area contributed by atoms with Gasteiger partial charge in [0.05, 0.1) is 17.7 Å². The van der Waals surface area contributed by atoms with Gasteiger partial charge in [-0.05, 0) is 29.5 Å². The smallest absolute Gasteiger partial charge is 0.240 e. The standard InChI is InChI=1S/C17H25N3O/c1-5-10-20(16(21)15(19)17(2,3)4)12-14-8-6-13(11-18)7-9-14/h6-9,15H,5,10,12,19H2,1-4H3. The number of nitriles is 1. The fourth-order valence-corrected chi connectivity index (χ4v) is 2.01. The third-order valence-electron chi connectivity index (χ3n) is 3.46. The molecule has 0 aromatic heterocycles. The second-order valence-electron chi connectivity index (χ2n) is 6.41. The highest BCUT2D eigenvalue weighted by Gasteiger charge is 2.30. The van der Waals surface area contributed by atoms with E-state index in [4.69, 9.17) is 11.0 Å². The van der Waals surface area contributed by atoms with E-state index in [0.29, 0.717) is 18.7 Å². The Bertz CT molecular complexity index is 508. The zero-order valence-electron chi connectivity index (χ0n) is 13.4. The summed E-state index contributed by atoms with van der Waals surface area (Å²) in [5.41, 5.74) is 7.47. The fourth-order valence-electron chi connectivity index (χ4n) is 2.01. The molecule has 4 nitrogen and oxygen atoms in total. The van der Waals surface area contributed by atoms with E-state index in [-0.39, 0.29) is 11.3 Å². The molecule has 0 saturated carbocycles. The molecule has 1 rings (SSSR count). The van der Waals surface area contributed by atoms with Crippen molar-refractivity contribution in [1.82, 2.24) is 4.90 Å². The van der Waals surface area contributed by atoms with Gasteiger partial charge in [0.15, 0.2) is 0 Å². The second kappa shape index (κ2) is 7.24. The van der Waals surface area contributed by atoms with Crippen molar-refractivity contribution in [3.8, 4) is 6.07 Å². The van der Waals surface area contributed by atoms with Crippen molar-refractivity contribution >= 4 is 5.91 Å². The molecule has 2 N–H and O–H groups in total. The van der Waals surface area contributed by atoms with Crippen LogP contribution in [0.15, 0.2) is 24.3 Å². The van der Waals surface area contributed by atoms with Gasteiger partial charge in [-0.1, -0.05) is 39.8 Å². The third-order valence-corrected chi connectivity index (χ3v) is 3.46. The molecule has 0 heterocycles. The molecule has 21 heavy (non-hydrogen) atoms. The van der Waals surface area contributed by atoms with E-state index < -0.39 is 6.04 Å². The number of rotatable bonds is 5. The van der Waals surface area contributed by atoms with E-state index >= 15 is 0 Å². The molecule has 0 bridgehead atoms. The quantitative estimate of drug-likeness (QED) is 0.905. The van der Waals surface area contributed by atoms with Gasteiger partial charge in [-0.15, -0.1) is 0 Å². The van der Waals surface area contributed by atoms with Crippen molar-refractivity contribution in [1.29, 1.82) is 5.26 Å². The number of carbonyl (C=O) groups excluding carboxylic acids is 1. The van der Waals surface area contributed by atoms with Crippen molar-refractivity contribution in [3.05, 3.63) is 35.4 Å². The molecule has 0 spiro atoms. The van der Waals surface area contributed by atoms with Crippen LogP contribution < -0.4 is 5.73 Å². The summed E-state index contributed by atoms with van der Waals surface area (Å²) >= 11 is 0. The number of hydrogen-bond acceptors (Lipinski definition) is 3. The average molecular weight is 287 g/mol. The Morgan fingerprint density at radius 3 is 2.33 bits per heavy atom. The van der Waals surface area contributed by atoms with Gasteiger partial charge in [-0.2, -0.15) is 5.26 Å². The molecule has 0 fully saturated rings. The van der Waals surface area contributed by atoms with Crippen LogP contribution in [0.3, 0.4) is 0 Å². The summed E-state index contributed by atoms with van der Waals surface area (Å²) in [7, 11) is 0. The summed E-state index contributed by atoms with van der Waals surface area (Å²) in [6.45, 7) is 9.18. The second-order valence-corrected chi connectivity index (χ2v) is 6.41. The molecule has 0 aliphatic carbocycles. The Balaban J connectivity index is 2.86. The van der Waals surface area contributed by atoms with Crippen LogP contribution >= 0.6 is 0 Å². The summed E-state index contributed by atoms with van der Waals surface area (Å²) in [5, 5.41) is 8.81. The van der Waals surface area contributed by atoms with Crippen LogP contribution in [0.4, 0.5) is 0 Å². The highest BCUT2D eigenvalue weighted by atomic mass is 16.2. The zero-order chi connectivity index (χ0) is 16.0. The van der Waals surface area contributed by atoms with Crippen LogP contribution in [0.1, 0.15) is 45.2 Å². The van der Waals surface area contributed by atoms with Crippen molar-refractivity contribution in [2.24, 2.45) is 11.1 Å². The molecule has 0 aliphatic heterocycles. The average Bonchev–Trinajstić information content (AvgIpc) is 2.45. The minimum absolute atomic E-state index is 0.0197. The molecule has 0 radical (unpaired) electrons. The molecule has 114 valence electrons. The normalized spacial score (nSPS) is 12.6. The Morgan fingerprint density at radius 1 is 1.33 bits per heavy atom. The maximum Gasteiger partial charge on any atom is 0.240 e. The van der Waals surface area contributed by atoms with Gasteiger partial charge in [0.1, 0.15) is 0 Å². The molecule has 1 atom stereocenters. The lowest BCUT2D eigenvalue weighted by Crippen LogP contribution is -2.50. The molecule has 1 unspecified atom stereocenters. The van der Waals surface area contributed by atoms with Crippen LogP contribution in [0.5, 0.6) is 0 Å². The minimum Gasteiger partial charge on any atom is -0.337 e. The highest BCUT2D eigenvalue weighted by Crippen LogP contribution is 2.20. The maximum atomic E-state index is 12.6. The fraction of sp³-hybridized carbons (Fsp3) is 0.529. The highest BCUT2D eigenvalue weighted by molar-refractivity contribution is 5.82. The predicted octanol–water partition coefficient (Wildman–Crippen LogP) is 2.67. The monoisotopic (exact) mass is 287 g/mol. The first kappa shape index (κ1) is 17.2. The summed E-state index contributed by atoms with van der Waals surface area (Å²) in [5.74, 6) is -0.0197. The van der Waals surface area contributed by atoms with E-state index in [1.54, 1.807) is 17.0 Å². The lowest BCUT2D eigenvalue weighted by molar-refractivity contribution is -0.135. The lowest BCUT2D eigenvalue weighted by atomic mass is 9.86. The number of benzene rings is 1. The van der Waals surface area contributed by atoms with Crippen LogP contribution in [0, 0.1) is 16.7 Å². The SMILES string of the molecule is CCCN(Cc1ccc(C#N)cc1)C(=O)C(N)C(C)(C)C. The van der Waals surface area contributed by atoms with Crippen LogP contribution in [-0.2, 0) is 11.3 Å². The third kappa shape index (κ3) is 4.87. The summed E-state index contributed by atoms with van der Waals surface area (Å²) in [6, 6.07) is 8.90. The van der Waals surface area contributed by atoms with Crippen molar-refractivity contribution in [2.75, 3.05) is 6.54 Å². The molecular formula is C17H25N3O. The van der Waals surface area contributed by atoms with E-state index in [0.717, 1.165) is 12.0 Å². The van der Waals surface area contributed by atoms with Crippen LogP contribution in [-0.4, -0.2) is 23.4 Å². The Hall–Kier alpha value is -1.86. The first-order chi connectivity index (χ1) is 9.79. The number of carbonyl (C=O) groups is 1. The van der Waals surface area contributed by atoms with E-state index in [1.165, 1.54) is 0 Å². The number of amides is 1. The number of nitrogens with zero attached hydrogens (tertiary/aromatic N) is 2. The van der Waals surface area contributed by atoms with Crippen molar-refractivity contribution < 1.29 is 4.79 Å². The van der Waals surface area contributed by atoms with Crippen molar-refractivity contribution in [2.45, 2.75) is 46.7 Å². The van der Waals surface area contributed by atoms with Crippen LogP contribution in [0.2, 0.25) is 0 Å². The molecular weight excluding hydrogens is 262 g/mol. The topological polar surface area (TPSA) is 70.1 Å². The molecule has 1 amide bonds. The van der Waals surface area contributed by atoms with Gasteiger partial charge in [0.2, 0.25) is 5.91 Å². The van der Waals surface area contributed by atoms with Gasteiger partial charge in [-0.25, -0.2) is 0 Å². The van der Waals surface area contributed by atoms with Gasteiger partial charge >= 0.3 is 0 Å². The molecule has 0 aliphatic rings. The van der Waals surface area contributed by atoms with Gasteiger partial charge in [0.25, 0.3) is 0 Å². The largest absolute Gasteiger partial charge is 0.337 e. The molecule has 4 heteroatoms. The summed E-state index contributed by atoms with van der Waals surface area (Å²) < 4.78 is 0. The van der Waals surface area contributed by atoms with E-state index in [2.05, 4.69) is 6.07 Å². The van der Waals surface area contributed by atoms with E-state index in [9.17, 15) is 4.79 Å². The number of hydrogen-bond donors (Lipinski definition) is 1.